The normalized spacial score (nSPS) is 14.4. The summed E-state index contributed by atoms with van der Waals surface area (Å²) in [5.74, 6) is -1.10. The number of nitrogens with zero attached hydrogens (tertiary/aromatic N) is 3. The summed E-state index contributed by atoms with van der Waals surface area (Å²) >= 11 is 5.98. The summed E-state index contributed by atoms with van der Waals surface area (Å²) in [6.45, 7) is 0.0803. The lowest BCUT2D eigenvalue weighted by Crippen LogP contribution is -2.32. The Morgan fingerprint density at radius 2 is 1.67 bits per heavy atom. The lowest BCUT2D eigenvalue weighted by atomic mass is 10.1. The van der Waals surface area contributed by atoms with Crippen LogP contribution in [0.5, 0.6) is 6.01 Å². The van der Waals surface area contributed by atoms with Gasteiger partial charge in [0.25, 0.3) is 5.91 Å². The number of halogens is 4. The number of hydrogen-bond donors (Lipinski definition) is 3. The molecule has 1 heterocycles. The predicted molar refractivity (Wildman–Crippen MR) is 139 cm³/mol. The summed E-state index contributed by atoms with van der Waals surface area (Å²) in [4.78, 5) is 24.5. The molecule has 4 rings (SSSR count). The molecule has 1 aromatic heterocycles. The van der Waals surface area contributed by atoms with Gasteiger partial charge in [0.05, 0.1) is 11.3 Å². The van der Waals surface area contributed by atoms with Crippen molar-refractivity contribution in [2.45, 2.75) is 37.9 Å². The molecule has 2 aromatic carbocycles. The first kappa shape index (κ1) is 28.4. The zero-order valence-electron chi connectivity index (χ0n) is 20.5. The molecule has 1 amide bonds. The van der Waals surface area contributed by atoms with Gasteiger partial charge in [-0.05, 0) is 61.2 Å². The summed E-state index contributed by atoms with van der Waals surface area (Å²) in [5.41, 5.74) is 0.860. The highest BCUT2D eigenvalue weighted by molar-refractivity contribution is 7.90. The fraction of sp³-hybridized carbons (Fsp3) is 0.333. The van der Waals surface area contributed by atoms with Crippen molar-refractivity contribution in [1.82, 2.24) is 19.7 Å². The number of carbonyl (C=O) groups excluding carboxylic acids is 1. The number of sulfonamides is 1. The standard InChI is InChI=1S/C24H24ClF3N6O4S/c1-2-13-39(36,37)34-19(35)15-3-9-18(10-4-15)29-20-30-21(32-22(31-20)38-14-24(26,27)28)33-23(11-12-23)16-5-7-17(25)8-6-16/h3-10H,2,11-14H2,1H3,(H,34,35)(H2,29,30,31,32,33). The predicted octanol–water partition coefficient (Wildman–Crippen LogP) is 4.78. The van der Waals surface area contributed by atoms with E-state index in [-0.39, 0.29) is 23.2 Å². The molecule has 3 aromatic rings. The molecule has 1 aliphatic rings. The minimum atomic E-state index is -4.60. The van der Waals surface area contributed by atoms with E-state index in [0.29, 0.717) is 17.1 Å². The summed E-state index contributed by atoms with van der Waals surface area (Å²) in [6, 6.07) is 12.3. The molecule has 39 heavy (non-hydrogen) atoms. The quantitative estimate of drug-likeness (QED) is 0.291. The second-order valence-electron chi connectivity index (χ2n) is 8.84. The number of amides is 1. The molecule has 0 saturated heterocycles. The number of rotatable bonds is 11. The van der Waals surface area contributed by atoms with Crippen molar-refractivity contribution in [1.29, 1.82) is 0 Å². The van der Waals surface area contributed by atoms with Crippen LogP contribution < -0.4 is 20.1 Å². The first-order valence-corrected chi connectivity index (χ1v) is 13.8. The second-order valence-corrected chi connectivity index (χ2v) is 11.1. The molecular weight excluding hydrogens is 561 g/mol. The molecule has 0 spiro atoms. The molecule has 1 fully saturated rings. The van der Waals surface area contributed by atoms with Crippen molar-refractivity contribution in [3.8, 4) is 6.01 Å². The molecule has 3 N–H and O–H groups in total. The van der Waals surface area contributed by atoms with Crippen LogP contribution in [0.3, 0.4) is 0 Å². The van der Waals surface area contributed by atoms with E-state index in [1.54, 1.807) is 19.1 Å². The van der Waals surface area contributed by atoms with Crippen molar-refractivity contribution < 1.29 is 31.1 Å². The lowest BCUT2D eigenvalue weighted by molar-refractivity contribution is -0.154. The fourth-order valence-corrected chi connectivity index (χ4v) is 4.79. The van der Waals surface area contributed by atoms with E-state index in [9.17, 15) is 26.4 Å². The van der Waals surface area contributed by atoms with E-state index in [4.69, 9.17) is 16.3 Å². The monoisotopic (exact) mass is 584 g/mol. The van der Waals surface area contributed by atoms with E-state index in [0.717, 1.165) is 18.4 Å². The van der Waals surface area contributed by atoms with Gasteiger partial charge in [-0.15, -0.1) is 0 Å². The maximum atomic E-state index is 12.8. The SMILES string of the molecule is CCCS(=O)(=O)NC(=O)c1ccc(Nc2nc(NC3(c4ccc(Cl)cc4)CC3)nc(OCC(F)(F)F)n2)cc1. The molecule has 0 bridgehead atoms. The summed E-state index contributed by atoms with van der Waals surface area (Å²) in [6.07, 6.45) is -2.78. The third-order valence-electron chi connectivity index (χ3n) is 5.60. The molecule has 15 heteroatoms. The first-order chi connectivity index (χ1) is 18.4. The number of ether oxygens (including phenoxy) is 1. The van der Waals surface area contributed by atoms with E-state index in [1.807, 2.05) is 16.9 Å². The highest BCUT2D eigenvalue weighted by Gasteiger charge is 2.45. The van der Waals surface area contributed by atoms with Gasteiger partial charge in [0, 0.05) is 16.3 Å². The van der Waals surface area contributed by atoms with Gasteiger partial charge in [-0.3, -0.25) is 4.79 Å². The molecule has 0 radical (unpaired) electrons. The van der Waals surface area contributed by atoms with Gasteiger partial charge < -0.3 is 15.4 Å². The smallest absolute Gasteiger partial charge is 0.422 e. The molecule has 1 aliphatic carbocycles. The molecular formula is C24H24ClF3N6O4S. The largest absolute Gasteiger partial charge is 0.454 e. The van der Waals surface area contributed by atoms with Crippen LogP contribution in [0.1, 0.15) is 42.1 Å². The van der Waals surface area contributed by atoms with Crippen LogP contribution in [0, 0.1) is 0 Å². The van der Waals surface area contributed by atoms with Gasteiger partial charge in [-0.2, -0.15) is 28.1 Å². The van der Waals surface area contributed by atoms with Crippen molar-refractivity contribution in [3.05, 3.63) is 64.7 Å². The third-order valence-corrected chi connectivity index (χ3v) is 7.30. The van der Waals surface area contributed by atoms with Crippen LogP contribution in [-0.4, -0.2) is 47.8 Å². The van der Waals surface area contributed by atoms with Gasteiger partial charge in [-0.1, -0.05) is 30.7 Å². The highest BCUT2D eigenvalue weighted by Crippen LogP contribution is 2.48. The van der Waals surface area contributed by atoms with Gasteiger partial charge >= 0.3 is 12.2 Å². The Morgan fingerprint density at radius 3 is 2.26 bits per heavy atom. The van der Waals surface area contributed by atoms with Crippen molar-refractivity contribution in [3.63, 3.8) is 0 Å². The number of aromatic nitrogens is 3. The number of anilines is 3. The Balaban J connectivity index is 1.54. The number of hydrogen-bond acceptors (Lipinski definition) is 9. The molecule has 10 nitrogen and oxygen atoms in total. The number of benzene rings is 2. The Labute approximate surface area is 227 Å². The van der Waals surface area contributed by atoms with Gasteiger partial charge in [0.2, 0.25) is 21.9 Å². The van der Waals surface area contributed by atoms with Crippen molar-refractivity contribution in [2.75, 3.05) is 23.0 Å². The maximum absolute atomic E-state index is 12.8. The lowest BCUT2D eigenvalue weighted by Gasteiger charge is -2.19. The van der Waals surface area contributed by atoms with E-state index in [1.165, 1.54) is 24.3 Å². The van der Waals surface area contributed by atoms with Crippen LogP contribution in [-0.2, 0) is 15.6 Å². The van der Waals surface area contributed by atoms with E-state index < -0.39 is 40.3 Å². The average molecular weight is 585 g/mol. The Kier molecular flexibility index (Phi) is 8.16. The maximum Gasteiger partial charge on any atom is 0.422 e. The summed E-state index contributed by atoms with van der Waals surface area (Å²) in [7, 11) is -3.75. The zero-order valence-corrected chi connectivity index (χ0v) is 22.1. The molecule has 0 atom stereocenters. The third kappa shape index (κ3) is 7.93. The average Bonchev–Trinajstić information content (AvgIpc) is 3.63. The van der Waals surface area contributed by atoms with Crippen LogP contribution in [0.15, 0.2) is 48.5 Å². The minimum Gasteiger partial charge on any atom is -0.454 e. The number of carbonyl (C=O) groups is 1. The molecule has 208 valence electrons. The zero-order chi connectivity index (χ0) is 28.3. The minimum absolute atomic E-state index is 0.00532. The Bertz CT molecular complexity index is 1430. The topological polar surface area (TPSA) is 135 Å². The Hall–Kier alpha value is -3.65. The molecule has 0 unspecified atom stereocenters. The highest BCUT2D eigenvalue weighted by atomic mass is 35.5. The van der Waals surface area contributed by atoms with Crippen LogP contribution in [0.4, 0.5) is 30.8 Å². The van der Waals surface area contributed by atoms with Crippen LogP contribution >= 0.6 is 11.6 Å². The van der Waals surface area contributed by atoms with E-state index in [2.05, 4.69) is 25.6 Å². The van der Waals surface area contributed by atoms with Crippen molar-refractivity contribution in [2.24, 2.45) is 0 Å². The summed E-state index contributed by atoms with van der Waals surface area (Å²) < 4.78 is 68.7. The molecule has 1 saturated carbocycles. The Morgan fingerprint density at radius 1 is 1.03 bits per heavy atom. The second kappa shape index (κ2) is 11.2. The van der Waals surface area contributed by atoms with E-state index >= 15 is 0 Å². The van der Waals surface area contributed by atoms with Gasteiger partial charge in [0.1, 0.15) is 0 Å². The van der Waals surface area contributed by atoms with Crippen LogP contribution in [0.2, 0.25) is 5.02 Å². The number of alkyl halides is 3. The number of nitrogens with one attached hydrogen (secondary N) is 3. The van der Waals surface area contributed by atoms with Gasteiger partial charge in [-0.25, -0.2) is 13.1 Å². The summed E-state index contributed by atoms with van der Waals surface area (Å²) in [5, 5.41) is 6.57. The van der Waals surface area contributed by atoms with Crippen molar-refractivity contribution >= 4 is 45.1 Å². The first-order valence-electron chi connectivity index (χ1n) is 11.8. The van der Waals surface area contributed by atoms with Crippen LogP contribution in [0.25, 0.3) is 0 Å². The van der Waals surface area contributed by atoms with Gasteiger partial charge in [0.15, 0.2) is 6.61 Å². The fourth-order valence-electron chi connectivity index (χ4n) is 3.63. The molecule has 0 aliphatic heterocycles.